The van der Waals surface area contributed by atoms with Crippen LogP contribution in [-0.4, -0.2) is 30.1 Å². The van der Waals surface area contributed by atoms with Crippen molar-refractivity contribution in [3.05, 3.63) is 29.6 Å². The highest BCUT2D eigenvalue weighted by atomic mass is 16.2. The molecule has 0 aliphatic heterocycles. The number of nitrogens with two attached hydrogens (primary N) is 1. The Labute approximate surface area is 112 Å². The third kappa shape index (κ3) is 5.55. The Morgan fingerprint density at radius 2 is 2.42 bits per heavy atom. The summed E-state index contributed by atoms with van der Waals surface area (Å²) in [5, 5.41) is 5.16. The summed E-state index contributed by atoms with van der Waals surface area (Å²) in [7, 11) is 0. The molecule has 19 heavy (non-hydrogen) atoms. The van der Waals surface area contributed by atoms with E-state index >= 15 is 0 Å². The van der Waals surface area contributed by atoms with E-state index in [-0.39, 0.29) is 12.5 Å². The number of hydrogen-bond donors (Lipinski definition) is 3. The van der Waals surface area contributed by atoms with Crippen LogP contribution in [0.15, 0.2) is 23.3 Å². The van der Waals surface area contributed by atoms with Crippen molar-refractivity contribution in [1.29, 1.82) is 0 Å². The summed E-state index contributed by atoms with van der Waals surface area (Å²) in [5.41, 5.74) is 7.12. The van der Waals surface area contributed by atoms with Gasteiger partial charge in [-0.2, -0.15) is 0 Å². The normalized spacial score (nSPS) is 10.6. The number of aromatic nitrogens is 1. The summed E-state index contributed by atoms with van der Waals surface area (Å²) in [5.74, 6) is 2.67. The van der Waals surface area contributed by atoms with Gasteiger partial charge in [-0.25, -0.2) is 4.79 Å². The molecule has 0 fully saturated rings. The molecular formula is C13H17N5O. The minimum absolute atomic E-state index is 0.266. The second kappa shape index (κ2) is 7.71. The quantitative estimate of drug-likeness (QED) is 0.409. The van der Waals surface area contributed by atoms with Gasteiger partial charge in [-0.3, -0.25) is 15.3 Å². The first-order valence-corrected chi connectivity index (χ1v) is 5.82. The van der Waals surface area contributed by atoms with Crippen molar-refractivity contribution < 1.29 is 4.79 Å². The number of urea groups is 1. The van der Waals surface area contributed by atoms with E-state index in [9.17, 15) is 4.79 Å². The van der Waals surface area contributed by atoms with Crippen molar-refractivity contribution in [2.75, 3.05) is 13.1 Å². The number of amides is 2. The van der Waals surface area contributed by atoms with Gasteiger partial charge in [0.2, 0.25) is 0 Å². The summed E-state index contributed by atoms with van der Waals surface area (Å²) in [4.78, 5) is 19.2. The van der Waals surface area contributed by atoms with Crippen LogP contribution in [-0.2, 0) is 6.42 Å². The molecule has 1 aromatic rings. The van der Waals surface area contributed by atoms with E-state index < -0.39 is 6.03 Å². The molecule has 0 spiro atoms. The van der Waals surface area contributed by atoms with Crippen LogP contribution in [0.3, 0.4) is 0 Å². The zero-order valence-electron chi connectivity index (χ0n) is 10.8. The monoisotopic (exact) mass is 259 g/mol. The molecule has 0 radical (unpaired) electrons. The predicted molar refractivity (Wildman–Crippen MR) is 74.5 cm³/mol. The Bertz CT molecular complexity index is 504. The molecule has 0 saturated carbocycles. The van der Waals surface area contributed by atoms with Crippen LogP contribution < -0.4 is 16.4 Å². The first-order chi connectivity index (χ1) is 9.13. The van der Waals surface area contributed by atoms with Crippen molar-refractivity contribution in [3.8, 4) is 12.3 Å². The molecule has 2 amide bonds. The fraction of sp³-hybridized carbons (Fsp3) is 0.308. The molecule has 1 rings (SSSR count). The van der Waals surface area contributed by atoms with Crippen LogP contribution >= 0.6 is 0 Å². The number of carbonyl (C=O) groups is 1. The fourth-order valence-corrected chi connectivity index (χ4v) is 1.44. The van der Waals surface area contributed by atoms with Crippen molar-refractivity contribution in [2.45, 2.75) is 13.3 Å². The third-order valence-electron chi connectivity index (χ3n) is 2.34. The molecule has 4 N–H and O–H groups in total. The van der Waals surface area contributed by atoms with Crippen LogP contribution in [0.1, 0.15) is 11.3 Å². The Balaban J connectivity index is 2.58. The average molecular weight is 259 g/mol. The molecule has 100 valence electrons. The number of primary amides is 1. The summed E-state index contributed by atoms with van der Waals surface area (Å²) < 4.78 is 0. The topological polar surface area (TPSA) is 92.4 Å². The Kier molecular flexibility index (Phi) is 5.89. The van der Waals surface area contributed by atoms with Gasteiger partial charge in [-0.15, -0.1) is 6.42 Å². The molecule has 6 nitrogen and oxygen atoms in total. The molecule has 1 aromatic heterocycles. The number of nitrogens with zero attached hydrogens (tertiary/aromatic N) is 2. The summed E-state index contributed by atoms with van der Waals surface area (Å²) >= 11 is 0. The van der Waals surface area contributed by atoms with E-state index in [0.29, 0.717) is 13.0 Å². The first kappa shape index (κ1) is 14.5. The molecule has 0 atom stereocenters. The predicted octanol–water partition coefficient (Wildman–Crippen LogP) is 0.180. The molecule has 0 aromatic carbocycles. The number of aliphatic imine (C=N–C) groups is 1. The lowest BCUT2D eigenvalue weighted by Gasteiger charge is -2.07. The zero-order chi connectivity index (χ0) is 14.1. The molecule has 1 heterocycles. The van der Waals surface area contributed by atoms with E-state index in [4.69, 9.17) is 12.2 Å². The van der Waals surface area contributed by atoms with Gasteiger partial charge in [0.15, 0.2) is 5.96 Å². The third-order valence-corrected chi connectivity index (χ3v) is 2.34. The second-order valence-corrected chi connectivity index (χ2v) is 3.79. The van der Waals surface area contributed by atoms with Gasteiger partial charge in [-0.05, 0) is 18.6 Å². The van der Waals surface area contributed by atoms with Gasteiger partial charge in [0.05, 0.1) is 6.54 Å². The van der Waals surface area contributed by atoms with Gasteiger partial charge in [0, 0.05) is 24.9 Å². The van der Waals surface area contributed by atoms with Crippen LogP contribution in [0.2, 0.25) is 0 Å². The Morgan fingerprint density at radius 1 is 1.63 bits per heavy atom. The minimum Gasteiger partial charge on any atom is -0.351 e. The summed E-state index contributed by atoms with van der Waals surface area (Å²) in [6, 6.07) is 3.19. The number of carbonyl (C=O) groups excluding carboxylic acids is 1. The number of rotatable bonds is 4. The van der Waals surface area contributed by atoms with Gasteiger partial charge < -0.3 is 11.1 Å². The number of aryl methyl sites for hydroxylation is 1. The zero-order valence-corrected chi connectivity index (χ0v) is 10.8. The standard InChI is InChI=1S/C13H17N5O/c1-3-7-16-13(18-12(14)19)17-9-6-11-10(2)5-4-8-15-11/h1,4-5,8H,6-7,9H2,2H3,(H4,14,16,17,18,19). The van der Waals surface area contributed by atoms with Crippen molar-refractivity contribution in [3.63, 3.8) is 0 Å². The smallest absolute Gasteiger partial charge is 0.318 e. The first-order valence-electron chi connectivity index (χ1n) is 5.82. The maximum absolute atomic E-state index is 10.8. The Hall–Kier alpha value is -2.55. The highest BCUT2D eigenvalue weighted by Gasteiger charge is 2.02. The lowest BCUT2D eigenvalue weighted by molar-refractivity contribution is 0.253. The van der Waals surface area contributed by atoms with Crippen LogP contribution in [0.25, 0.3) is 0 Å². The van der Waals surface area contributed by atoms with Crippen LogP contribution in [0.5, 0.6) is 0 Å². The highest BCUT2D eigenvalue weighted by molar-refractivity contribution is 5.95. The maximum Gasteiger partial charge on any atom is 0.318 e. The van der Waals surface area contributed by atoms with E-state index in [1.165, 1.54) is 0 Å². The largest absolute Gasteiger partial charge is 0.351 e. The number of pyridine rings is 1. The van der Waals surface area contributed by atoms with Crippen molar-refractivity contribution in [1.82, 2.24) is 15.6 Å². The van der Waals surface area contributed by atoms with E-state index in [1.807, 2.05) is 19.1 Å². The number of nitrogens with one attached hydrogen (secondary N) is 2. The van der Waals surface area contributed by atoms with E-state index in [0.717, 1.165) is 11.3 Å². The molecule has 0 saturated heterocycles. The second-order valence-electron chi connectivity index (χ2n) is 3.79. The van der Waals surface area contributed by atoms with E-state index in [1.54, 1.807) is 6.20 Å². The van der Waals surface area contributed by atoms with Crippen molar-refractivity contribution >= 4 is 12.0 Å². The van der Waals surface area contributed by atoms with Gasteiger partial charge in [0.25, 0.3) is 0 Å². The number of terminal acetylenes is 1. The maximum atomic E-state index is 10.8. The van der Waals surface area contributed by atoms with Crippen molar-refractivity contribution in [2.24, 2.45) is 10.7 Å². The van der Waals surface area contributed by atoms with Gasteiger partial charge >= 0.3 is 6.03 Å². The summed E-state index contributed by atoms with van der Waals surface area (Å²) in [6.07, 6.45) is 7.54. The molecule has 0 bridgehead atoms. The number of guanidine groups is 1. The molecule has 0 unspecified atom stereocenters. The fourth-order valence-electron chi connectivity index (χ4n) is 1.44. The molecule has 0 aliphatic carbocycles. The lowest BCUT2D eigenvalue weighted by Crippen LogP contribution is -2.44. The SMILES string of the molecule is C#CCNC(=NCCc1ncccc1C)NC(N)=O. The highest BCUT2D eigenvalue weighted by Crippen LogP contribution is 2.03. The van der Waals surface area contributed by atoms with Crippen LogP contribution in [0, 0.1) is 19.3 Å². The number of hydrogen-bond acceptors (Lipinski definition) is 3. The molecule has 0 aliphatic rings. The van der Waals surface area contributed by atoms with Gasteiger partial charge in [-0.1, -0.05) is 12.0 Å². The summed E-state index contributed by atoms with van der Waals surface area (Å²) in [6.45, 7) is 2.73. The van der Waals surface area contributed by atoms with E-state index in [2.05, 4.69) is 26.5 Å². The average Bonchev–Trinajstić information content (AvgIpc) is 2.37. The van der Waals surface area contributed by atoms with Crippen LogP contribution in [0.4, 0.5) is 4.79 Å². The minimum atomic E-state index is -0.683. The Morgan fingerprint density at radius 3 is 3.05 bits per heavy atom. The van der Waals surface area contributed by atoms with Gasteiger partial charge in [0.1, 0.15) is 0 Å². The lowest BCUT2D eigenvalue weighted by atomic mass is 10.2. The molecular weight excluding hydrogens is 242 g/mol. The molecule has 6 heteroatoms.